The number of aromatic amines is 1. The van der Waals surface area contributed by atoms with Crippen LogP contribution in [0.15, 0.2) is 12.1 Å². The van der Waals surface area contributed by atoms with E-state index in [0.717, 1.165) is 42.8 Å². The van der Waals surface area contributed by atoms with Crippen molar-refractivity contribution in [3.63, 3.8) is 0 Å². The molecule has 1 atom stereocenters. The van der Waals surface area contributed by atoms with Crippen LogP contribution < -0.4 is 10.5 Å². The summed E-state index contributed by atoms with van der Waals surface area (Å²) in [6.07, 6.45) is 2.97. The van der Waals surface area contributed by atoms with Crippen LogP contribution >= 0.6 is 0 Å². The first-order valence-electron chi connectivity index (χ1n) is 6.13. The average Bonchev–Trinajstić information content (AvgIpc) is 2.72. The van der Waals surface area contributed by atoms with Crippen molar-refractivity contribution >= 4 is 10.9 Å². The van der Waals surface area contributed by atoms with E-state index in [9.17, 15) is 0 Å². The molecule has 1 unspecified atom stereocenters. The summed E-state index contributed by atoms with van der Waals surface area (Å²) in [6, 6.07) is 4.17. The average molecular weight is 231 g/mol. The van der Waals surface area contributed by atoms with E-state index >= 15 is 0 Å². The number of aryl methyl sites for hydroxylation is 1. The molecule has 1 aliphatic rings. The normalized spacial score (nSPS) is 16.6. The number of hydrogen-bond acceptors (Lipinski definition) is 3. The molecule has 0 spiro atoms. The third-order valence-corrected chi connectivity index (χ3v) is 3.22. The zero-order chi connectivity index (χ0) is 11.8. The predicted octanol–water partition coefficient (Wildman–Crippen LogP) is 1.78. The van der Waals surface area contributed by atoms with Gasteiger partial charge in [-0.1, -0.05) is 0 Å². The first-order chi connectivity index (χ1) is 8.25. The summed E-state index contributed by atoms with van der Waals surface area (Å²) in [5.74, 6) is 1.01. The molecule has 3 rings (SSSR count). The van der Waals surface area contributed by atoms with Crippen molar-refractivity contribution in [1.29, 1.82) is 0 Å². The quantitative estimate of drug-likeness (QED) is 0.828. The molecule has 90 valence electrons. The van der Waals surface area contributed by atoms with Gasteiger partial charge in [-0.3, -0.25) is 5.10 Å². The maximum atomic E-state index is 5.87. The van der Waals surface area contributed by atoms with Gasteiger partial charge >= 0.3 is 0 Å². The Hall–Kier alpha value is -1.55. The van der Waals surface area contributed by atoms with Gasteiger partial charge in [-0.05, 0) is 31.9 Å². The topological polar surface area (TPSA) is 63.9 Å². The molecule has 0 saturated carbocycles. The monoisotopic (exact) mass is 231 g/mol. The lowest BCUT2D eigenvalue weighted by atomic mass is 9.98. The maximum Gasteiger partial charge on any atom is 0.123 e. The number of nitrogens with zero attached hydrogens (tertiary/aromatic N) is 1. The van der Waals surface area contributed by atoms with Crippen molar-refractivity contribution in [2.45, 2.75) is 32.2 Å². The Morgan fingerprint density at radius 1 is 1.53 bits per heavy atom. The third-order valence-electron chi connectivity index (χ3n) is 3.22. The molecule has 17 heavy (non-hydrogen) atoms. The minimum Gasteiger partial charge on any atom is -0.493 e. The van der Waals surface area contributed by atoms with Gasteiger partial charge in [0.25, 0.3) is 0 Å². The number of nitrogens with one attached hydrogen (secondary N) is 1. The predicted molar refractivity (Wildman–Crippen MR) is 67.3 cm³/mol. The molecule has 0 radical (unpaired) electrons. The molecule has 0 amide bonds. The van der Waals surface area contributed by atoms with Crippen molar-refractivity contribution in [1.82, 2.24) is 10.2 Å². The number of H-pyrrole nitrogens is 1. The Morgan fingerprint density at radius 2 is 2.41 bits per heavy atom. The second-order valence-corrected chi connectivity index (χ2v) is 4.77. The molecule has 0 bridgehead atoms. The Morgan fingerprint density at radius 3 is 3.24 bits per heavy atom. The molecule has 0 fully saturated rings. The molecule has 0 saturated heterocycles. The molecule has 0 aliphatic carbocycles. The molecule has 1 aliphatic heterocycles. The first-order valence-corrected chi connectivity index (χ1v) is 6.13. The van der Waals surface area contributed by atoms with E-state index < -0.39 is 0 Å². The lowest BCUT2D eigenvalue weighted by Crippen LogP contribution is -2.18. The summed E-state index contributed by atoms with van der Waals surface area (Å²) in [5.41, 5.74) is 9.32. The van der Waals surface area contributed by atoms with Crippen molar-refractivity contribution in [2.75, 3.05) is 6.61 Å². The Kier molecular flexibility index (Phi) is 2.52. The van der Waals surface area contributed by atoms with E-state index in [-0.39, 0.29) is 6.04 Å². The molecule has 2 aromatic rings. The fourth-order valence-electron chi connectivity index (χ4n) is 2.51. The molecule has 3 N–H and O–H groups in total. The largest absolute Gasteiger partial charge is 0.493 e. The second-order valence-electron chi connectivity index (χ2n) is 4.77. The number of ether oxygens (including phenoxy) is 1. The summed E-state index contributed by atoms with van der Waals surface area (Å²) >= 11 is 0. The third kappa shape index (κ3) is 1.78. The number of hydrogen-bond donors (Lipinski definition) is 2. The van der Waals surface area contributed by atoms with Crippen LogP contribution in [0.25, 0.3) is 10.9 Å². The van der Waals surface area contributed by atoms with Crippen molar-refractivity contribution in [3.05, 3.63) is 23.4 Å². The number of nitrogens with two attached hydrogens (primary N) is 1. The zero-order valence-electron chi connectivity index (χ0n) is 9.99. The van der Waals surface area contributed by atoms with Crippen LogP contribution in [0.1, 0.15) is 24.6 Å². The Labute approximate surface area is 100 Å². The first kappa shape index (κ1) is 10.6. The molecule has 4 nitrogen and oxygen atoms in total. The fourth-order valence-corrected chi connectivity index (χ4v) is 2.51. The number of rotatable bonds is 2. The SMILES string of the molecule is CC(N)Cc1[nH]nc2ccc3c(c12)CCCO3. The van der Waals surface area contributed by atoms with E-state index in [0.29, 0.717) is 0 Å². The molecule has 4 heteroatoms. The highest BCUT2D eigenvalue weighted by Gasteiger charge is 2.18. The minimum absolute atomic E-state index is 0.138. The van der Waals surface area contributed by atoms with Crippen molar-refractivity contribution in [2.24, 2.45) is 5.73 Å². The van der Waals surface area contributed by atoms with E-state index in [1.807, 2.05) is 19.1 Å². The van der Waals surface area contributed by atoms with Crippen molar-refractivity contribution < 1.29 is 4.74 Å². The maximum absolute atomic E-state index is 5.87. The highest BCUT2D eigenvalue weighted by atomic mass is 16.5. The fraction of sp³-hybridized carbons (Fsp3) is 0.462. The van der Waals surface area contributed by atoms with Crippen LogP contribution in [0, 0.1) is 0 Å². The van der Waals surface area contributed by atoms with Gasteiger partial charge in [-0.15, -0.1) is 0 Å². The van der Waals surface area contributed by atoms with Crippen LogP contribution in [0.3, 0.4) is 0 Å². The summed E-state index contributed by atoms with van der Waals surface area (Å²) in [4.78, 5) is 0. The smallest absolute Gasteiger partial charge is 0.123 e. The van der Waals surface area contributed by atoms with E-state index in [2.05, 4.69) is 10.2 Å². The summed E-state index contributed by atoms with van der Waals surface area (Å²) in [6.45, 7) is 2.83. The molecule has 2 heterocycles. The Balaban J connectivity index is 2.17. The highest BCUT2D eigenvalue weighted by Crippen LogP contribution is 2.33. The summed E-state index contributed by atoms with van der Waals surface area (Å²) < 4.78 is 5.69. The lowest BCUT2D eigenvalue weighted by Gasteiger charge is -2.18. The van der Waals surface area contributed by atoms with E-state index in [1.54, 1.807) is 0 Å². The summed E-state index contributed by atoms with van der Waals surface area (Å²) in [7, 11) is 0. The van der Waals surface area contributed by atoms with Crippen LogP contribution in [0.5, 0.6) is 5.75 Å². The zero-order valence-corrected chi connectivity index (χ0v) is 9.99. The van der Waals surface area contributed by atoms with Gasteiger partial charge in [0.15, 0.2) is 0 Å². The summed E-state index contributed by atoms with van der Waals surface area (Å²) in [5, 5.41) is 8.68. The van der Waals surface area contributed by atoms with Gasteiger partial charge < -0.3 is 10.5 Å². The molecular formula is C13H17N3O. The molecular weight excluding hydrogens is 214 g/mol. The number of aromatic nitrogens is 2. The standard InChI is InChI=1S/C13H17N3O/c1-8(14)7-11-13-9-3-2-6-17-12(9)5-4-10(13)15-16-11/h4-5,8H,2-3,6-7,14H2,1H3,(H,15,16). The van der Waals surface area contributed by atoms with Gasteiger partial charge in [0.1, 0.15) is 5.75 Å². The lowest BCUT2D eigenvalue weighted by molar-refractivity contribution is 0.289. The van der Waals surface area contributed by atoms with Gasteiger partial charge in [0.05, 0.1) is 12.1 Å². The van der Waals surface area contributed by atoms with Gasteiger partial charge in [0.2, 0.25) is 0 Å². The van der Waals surface area contributed by atoms with Crippen LogP contribution in [0.2, 0.25) is 0 Å². The number of benzene rings is 1. The van der Waals surface area contributed by atoms with E-state index in [4.69, 9.17) is 10.5 Å². The molecule has 1 aromatic heterocycles. The van der Waals surface area contributed by atoms with Gasteiger partial charge in [-0.25, -0.2) is 0 Å². The van der Waals surface area contributed by atoms with Crippen molar-refractivity contribution in [3.8, 4) is 5.75 Å². The minimum atomic E-state index is 0.138. The van der Waals surface area contributed by atoms with Gasteiger partial charge in [-0.2, -0.15) is 5.10 Å². The van der Waals surface area contributed by atoms with E-state index in [1.165, 1.54) is 10.9 Å². The van der Waals surface area contributed by atoms with Crippen LogP contribution in [0.4, 0.5) is 0 Å². The Bertz CT molecular complexity index is 545. The molecule has 1 aromatic carbocycles. The van der Waals surface area contributed by atoms with Crippen LogP contribution in [-0.4, -0.2) is 22.8 Å². The van der Waals surface area contributed by atoms with Gasteiger partial charge in [0, 0.05) is 29.1 Å². The highest BCUT2D eigenvalue weighted by molar-refractivity contribution is 5.87. The number of fused-ring (bicyclic) bond motifs is 3. The van der Waals surface area contributed by atoms with Crippen LogP contribution in [-0.2, 0) is 12.8 Å². The second kappa shape index (κ2) is 4.04.